The number of amides is 1. The van der Waals surface area contributed by atoms with Gasteiger partial charge in [-0.25, -0.2) is 10.4 Å². The number of nitrogens with two attached hydrogens (primary N) is 1. The van der Waals surface area contributed by atoms with E-state index in [0.29, 0.717) is 37.9 Å². The summed E-state index contributed by atoms with van der Waals surface area (Å²) in [6, 6.07) is 7.54. The summed E-state index contributed by atoms with van der Waals surface area (Å²) in [5.74, 6) is 5.45. The lowest BCUT2D eigenvalue weighted by Gasteiger charge is -2.29. The molecule has 3 aromatic rings. The van der Waals surface area contributed by atoms with Crippen LogP contribution in [0.1, 0.15) is 21.7 Å². The number of furan rings is 1. The van der Waals surface area contributed by atoms with Crippen molar-refractivity contribution in [1.82, 2.24) is 15.0 Å². The highest BCUT2D eigenvalue weighted by Gasteiger charge is 2.27. The molecule has 2 aromatic heterocycles. The first kappa shape index (κ1) is 18.2. The number of ether oxygens (including phenoxy) is 1. The molecule has 0 radical (unpaired) electrons. The van der Waals surface area contributed by atoms with Crippen molar-refractivity contribution < 1.29 is 13.9 Å². The summed E-state index contributed by atoms with van der Waals surface area (Å²) in [5, 5.41) is 0.109. The van der Waals surface area contributed by atoms with E-state index in [1.807, 2.05) is 36.1 Å². The second-order valence-corrected chi connectivity index (χ2v) is 6.67. The van der Waals surface area contributed by atoms with Crippen molar-refractivity contribution in [2.24, 2.45) is 5.84 Å². The van der Waals surface area contributed by atoms with Gasteiger partial charge >= 0.3 is 0 Å². The summed E-state index contributed by atoms with van der Waals surface area (Å²) in [6.45, 7) is 5.86. The Morgan fingerprint density at radius 2 is 1.86 bits per heavy atom. The monoisotopic (exact) mass is 383 g/mol. The van der Waals surface area contributed by atoms with E-state index in [0.717, 1.165) is 5.56 Å². The maximum atomic E-state index is 13.5. The molecule has 0 unspecified atom stereocenters. The third-order valence-corrected chi connectivity index (χ3v) is 4.83. The fourth-order valence-corrected chi connectivity index (χ4v) is 3.40. The van der Waals surface area contributed by atoms with Crippen molar-refractivity contribution in [3.63, 3.8) is 0 Å². The average Bonchev–Trinajstić information content (AvgIpc) is 3.05. The maximum absolute atomic E-state index is 13.5. The SMILES string of the molecule is Cc1ccc(-n2c(N3CCOCC3)nc3oc(C)c(C(=O)NN)c3c2=O)cc1. The average molecular weight is 383 g/mol. The molecule has 4 rings (SSSR count). The molecule has 1 aromatic carbocycles. The van der Waals surface area contributed by atoms with Crippen LogP contribution in [0.25, 0.3) is 16.8 Å². The quantitative estimate of drug-likeness (QED) is 0.394. The van der Waals surface area contributed by atoms with Gasteiger partial charge in [0.2, 0.25) is 11.7 Å². The molecule has 0 bridgehead atoms. The number of nitrogens with zero attached hydrogens (tertiary/aromatic N) is 3. The Labute approximate surface area is 160 Å². The van der Waals surface area contributed by atoms with Gasteiger partial charge in [-0.15, -0.1) is 0 Å². The van der Waals surface area contributed by atoms with Gasteiger partial charge in [-0.3, -0.25) is 15.0 Å². The van der Waals surface area contributed by atoms with Gasteiger partial charge in [0, 0.05) is 13.1 Å². The third-order valence-electron chi connectivity index (χ3n) is 4.83. The molecule has 9 heteroatoms. The number of aromatic nitrogens is 2. The van der Waals surface area contributed by atoms with Crippen LogP contribution >= 0.6 is 0 Å². The fourth-order valence-electron chi connectivity index (χ4n) is 3.40. The van der Waals surface area contributed by atoms with Crippen LogP contribution in [0.5, 0.6) is 0 Å². The summed E-state index contributed by atoms with van der Waals surface area (Å²) in [4.78, 5) is 32.3. The zero-order valence-corrected chi connectivity index (χ0v) is 15.7. The minimum Gasteiger partial charge on any atom is -0.442 e. The lowest BCUT2D eigenvalue weighted by atomic mass is 10.1. The summed E-state index contributed by atoms with van der Waals surface area (Å²) >= 11 is 0. The van der Waals surface area contributed by atoms with E-state index in [-0.39, 0.29) is 28.0 Å². The predicted octanol–water partition coefficient (Wildman–Crippen LogP) is 1.04. The molecule has 1 saturated heterocycles. The second kappa shape index (κ2) is 7.10. The van der Waals surface area contributed by atoms with Gasteiger partial charge in [-0.2, -0.15) is 4.98 Å². The Kier molecular flexibility index (Phi) is 4.62. The zero-order valence-electron chi connectivity index (χ0n) is 15.7. The van der Waals surface area contributed by atoms with E-state index in [9.17, 15) is 9.59 Å². The Morgan fingerprint density at radius 3 is 2.50 bits per heavy atom. The van der Waals surface area contributed by atoms with Crippen LogP contribution in [0, 0.1) is 13.8 Å². The van der Waals surface area contributed by atoms with Crippen LogP contribution in [-0.2, 0) is 4.74 Å². The molecule has 1 amide bonds. The summed E-state index contributed by atoms with van der Waals surface area (Å²) in [7, 11) is 0. The lowest BCUT2D eigenvalue weighted by Crippen LogP contribution is -2.40. The molecule has 9 nitrogen and oxygen atoms in total. The van der Waals surface area contributed by atoms with Gasteiger partial charge in [0.1, 0.15) is 11.1 Å². The van der Waals surface area contributed by atoms with Crippen molar-refractivity contribution in [3.8, 4) is 5.69 Å². The van der Waals surface area contributed by atoms with Gasteiger partial charge in [0.25, 0.3) is 11.5 Å². The van der Waals surface area contributed by atoms with Gasteiger partial charge < -0.3 is 14.1 Å². The Morgan fingerprint density at radius 1 is 1.18 bits per heavy atom. The number of morpholine rings is 1. The van der Waals surface area contributed by atoms with Crippen LogP contribution < -0.4 is 21.7 Å². The number of nitrogen functional groups attached to an aromatic ring is 1. The van der Waals surface area contributed by atoms with E-state index in [4.69, 9.17) is 15.0 Å². The molecular weight excluding hydrogens is 362 g/mol. The van der Waals surface area contributed by atoms with Crippen molar-refractivity contribution >= 4 is 23.0 Å². The molecular formula is C19H21N5O4. The summed E-state index contributed by atoms with van der Waals surface area (Å²) in [5.41, 5.74) is 3.63. The molecule has 0 spiro atoms. The smallest absolute Gasteiger partial charge is 0.271 e. The zero-order chi connectivity index (χ0) is 19.8. The molecule has 0 aliphatic carbocycles. The normalized spacial score (nSPS) is 14.5. The summed E-state index contributed by atoms with van der Waals surface area (Å²) < 4.78 is 12.6. The van der Waals surface area contributed by atoms with E-state index in [1.165, 1.54) is 4.57 Å². The standard InChI is InChI=1S/C19H21N5O4/c1-11-3-5-13(6-4-11)24-18(26)15-14(16(25)22-20)12(2)28-17(15)21-19(24)23-7-9-27-10-8-23/h3-6H,7-10,20H2,1-2H3,(H,22,25). The molecule has 1 aliphatic heterocycles. The first-order chi connectivity index (χ1) is 13.5. The van der Waals surface area contributed by atoms with Gasteiger partial charge in [0.15, 0.2) is 0 Å². The molecule has 28 heavy (non-hydrogen) atoms. The highest BCUT2D eigenvalue weighted by molar-refractivity contribution is 6.06. The number of anilines is 1. The Hall–Kier alpha value is -3.17. The van der Waals surface area contributed by atoms with Gasteiger partial charge in [-0.1, -0.05) is 17.7 Å². The number of carbonyl (C=O) groups excluding carboxylic acids is 1. The topological polar surface area (TPSA) is 116 Å². The van der Waals surface area contributed by atoms with Crippen LogP contribution in [0.3, 0.4) is 0 Å². The van der Waals surface area contributed by atoms with Crippen LogP contribution in [0.2, 0.25) is 0 Å². The van der Waals surface area contributed by atoms with E-state index < -0.39 is 5.91 Å². The molecule has 1 fully saturated rings. The van der Waals surface area contributed by atoms with Crippen molar-refractivity contribution in [2.75, 3.05) is 31.2 Å². The number of hydrogen-bond donors (Lipinski definition) is 2. The van der Waals surface area contributed by atoms with E-state index in [2.05, 4.69) is 10.4 Å². The van der Waals surface area contributed by atoms with E-state index in [1.54, 1.807) is 6.92 Å². The number of fused-ring (bicyclic) bond motifs is 1. The number of benzene rings is 1. The molecule has 3 heterocycles. The number of aryl methyl sites for hydroxylation is 2. The molecule has 3 N–H and O–H groups in total. The minimum atomic E-state index is -0.593. The minimum absolute atomic E-state index is 0.101. The highest BCUT2D eigenvalue weighted by Crippen LogP contribution is 2.26. The fraction of sp³-hybridized carbons (Fsp3) is 0.316. The van der Waals surface area contributed by atoms with Gasteiger partial charge in [0.05, 0.1) is 24.5 Å². The van der Waals surface area contributed by atoms with Gasteiger partial charge in [-0.05, 0) is 26.0 Å². The Bertz CT molecular complexity index is 1090. The predicted molar refractivity (Wildman–Crippen MR) is 104 cm³/mol. The lowest BCUT2D eigenvalue weighted by molar-refractivity contribution is 0.0953. The van der Waals surface area contributed by atoms with Crippen molar-refractivity contribution in [3.05, 3.63) is 51.5 Å². The molecule has 0 saturated carbocycles. The molecule has 146 valence electrons. The third kappa shape index (κ3) is 2.94. The number of rotatable bonds is 3. The number of nitrogens with one attached hydrogen (secondary N) is 1. The second-order valence-electron chi connectivity index (χ2n) is 6.67. The largest absolute Gasteiger partial charge is 0.442 e. The van der Waals surface area contributed by atoms with Crippen LogP contribution in [0.4, 0.5) is 5.95 Å². The maximum Gasteiger partial charge on any atom is 0.271 e. The molecule has 0 atom stereocenters. The number of carbonyl (C=O) groups is 1. The van der Waals surface area contributed by atoms with Crippen molar-refractivity contribution in [2.45, 2.75) is 13.8 Å². The van der Waals surface area contributed by atoms with E-state index >= 15 is 0 Å². The van der Waals surface area contributed by atoms with Crippen LogP contribution in [0.15, 0.2) is 33.5 Å². The first-order valence-corrected chi connectivity index (χ1v) is 8.98. The van der Waals surface area contributed by atoms with Crippen LogP contribution in [-0.4, -0.2) is 41.8 Å². The summed E-state index contributed by atoms with van der Waals surface area (Å²) in [6.07, 6.45) is 0. The number of hydrazine groups is 1. The Balaban J connectivity index is 2.04. The first-order valence-electron chi connectivity index (χ1n) is 8.98. The van der Waals surface area contributed by atoms with Crippen molar-refractivity contribution in [1.29, 1.82) is 0 Å². The molecule has 1 aliphatic rings. The number of hydrogen-bond acceptors (Lipinski definition) is 7. The highest BCUT2D eigenvalue weighted by atomic mass is 16.5.